The molecule has 7 nitrogen and oxygen atoms in total. The van der Waals surface area contributed by atoms with Crippen molar-refractivity contribution in [2.45, 2.75) is 12.4 Å². The second kappa shape index (κ2) is 3.90. The minimum atomic E-state index is -4.37. The largest absolute Gasteiger partial charge is 0.341 e. The quantitative estimate of drug-likeness (QED) is 0.675. The molecule has 0 amide bonds. The number of sulfone groups is 1. The van der Waals surface area contributed by atoms with Crippen LogP contribution in [0.1, 0.15) is 6.92 Å². The van der Waals surface area contributed by atoms with Gasteiger partial charge in [-0.2, -0.15) is 8.42 Å². The van der Waals surface area contributed by atoms with Crippen LogP contribution in [0, 0.1) is 0 Å². The Morgan fingerprint density at radius 3 is 2.12 bits per heavy atom. The SMILES string of the molecule is CCN1C=C(S(C)(=O)=O)N(C)C1S(=O)(=O)O. The standard InChI is InChI=1S/C7H14N2O5S2/c1-4-9-5-6(15(3,10)11)8(2)7(9)16(12,13)14/h5,7H,4H2,1-3H3,(H,12,13,14). The Morgan fingerprint density at radius 2 is 1.88 bits per heavy atom. The lowest BCUT2D eigenvalue weighted by molar-refractivity contribution is 0.238. The van der Waals surface area contributed by atoms with Crippen LogP contribution in [0.2, 0.25) is 0 Å². The summed E-state index contributed by atoms with van der Waals surface area (Å²) in [4.78, 5) is 2.26. The monoisotopic (exact) mass is 270 g/mol. The summed E-state index contributed by atoms with van der Waals surface area (Å²) in [5.41, 5.74) is -1.37. The van der Waals surface area contributed by atoms with Crippen molar-refractivity contribution in [3.63, 3.8) is 0 Å². The van der Waals surface area contributed by atoms with Gasteiger partial charge in [-0.15, -0.1) is 0 Å². The molecule has 1 unspecified atom stereocenters. The van der Waals surface area contributed by atoms with E-state index < -0.39 is 25.5 Å². The van der Waals surface area contributed by atoms with Crippen LogP contribution in [0.4, 0.5) is 0 Å². The third-order valence-electron chi connectivity index (χ3n) is 2.25. The van der Waals surface area contributed by atoms with Gasteiger partial charge in [-0.1, -0.05) is 0 Å². The van der Waals surface area contributed by atoms with E-state index in [2.05, 4.69) is 0 Å². The lowest BCUT2D eigenvalue weighted by Crippen LogP contribution is -2.44. The highest BCUT2D eigenvalue weighted by atomic mass is 32.2. The molecule has 0 spiro atoms. The van der Waals surface area contributed by atoms with Crippen molar-refractivity contribution in [3.05, 3.63) is 11.2 Å². The number of hydrogen-bond acceptors (Lipinski definition) is 6. The molecular weight excluding hydrogens is 256 g/mol. The molecule has 9 heteroatoms. The highest BCUT2D eigenvalue weighted by Gasteiger charge is 2.41. The van der Waals surface area contributed by atoms with Gasteiger partial charge < -0.3 is 9.80 Å². The van der Waals surface area contributed by atoms with Gasteiger partial charge in [0.25, 0.3) is 0 Å². The first-order valence-electron chi connectivity index (χ1n) is 4.45. The molecule has 0 fully saturated rings. The Morgan fingerprint density at radius 1 is 1.38 bits per heavy atom. The molecule has 0 bridgehead atoms. The van der Waals surface area contributed by atoms with Crippen LogP contribution in [0.5, 0.6) is 0 Å². The van der Waals surface area contributed by atoms with Gasteiger partial charge >= 0.3 is 10.1 Å². The molecule has 0 aromatic carbocycles. The first-order chi connectivity index (χ1) is 7.09. The summed E-state index contributed by atoms with van der Waals surface area (Å²) in [7, 11) is -6.58. The Hall–Kier alpha value is -0.800. The van der Waals surface area contributed by atoms with Gasteiger partial charge in [0, 0.05) is 26.0 Å². The molecule has 94 valence electrons. The van der Waals surface area contributed by atoms with Gasteiger partial charge in [0.15, 0.2) is 9.84 Å². The summed E-state index contributed by atoms with van der Waals surface area (Å²) in [6, 6.07) is 0. The fourth-order valence-corrected chi connectivity index (χ4v) is 3.69. The molecule has 1 aliphatic rings. The van der Waals surface area contributed by atoms with Gasteiger partial charge in [0.2, 0.25) is 5.50 Å². The van der Waals surface area contributed by atoms with Crippen molar-refractivity contribution in [1.82, 2.24) is 9.80 Å². The van der Waals surface area contributed by atoms with Crippen molar-refractivity contribution in [2.75, 3.05) is 19.8 Å². The summed E-state index contributed by atoms with van der Waals surface area (Å²) in [6.07, 6.45) is 2.20. The van der Waals surface area contributed by atoms with E-state index in [0.29, 0.717) is 0 Å². The summed E-state index contributed by atoms with van der Waals surface area (Å²) >= 11 is 0. The minimum Gasteiger partial charge on any atom is -0.341 e. The third-order valence-corrected chi connectivity index (χ3v) is 4.52. The smallest absolute Gasteiger partial charge is 0.306 e. The van der Waals surface area contributed by atoms with E-state index in [9.17, 15) is 16.8 Å². The number of hydrogen-bond donors (Lipinski definition) is 1. The maximum Gasteiger partial charge on any atom is 0.306 e. The van der Waals surface area contributed by atoms with Crippen molar-refractivity contribution in [2.24, 2.45) is 0 Å². The molecule has 1 N–H and O–H groups in total. The molecule has 0 saturated carbocycles. The molecule has 0 aromatic rings. The maximum atomic E-state index is 11.4. The van der Waals surface area contributed by atoms with E-state index >= 15 is 0 Å². The van der Waals surface area contributed by atoms with E-state index in [1.807, 2.05) is 0 Å². The first kappa shape index (κ1) is 13.3. The number of nitrogens with zero attached hydrogens (tertiary/aromatic N) is 2. The lowest BCUT2D eigenvalue weighted by atomic mass is 10.6. The van der Waals surface area contributed by atoms with E-state index in [-0.39, 0.29) is 11.6 Å². The normalized spacial score (nSPS) is 22.5. The summed E-state index contributed by atoms with van der Waals surface area (Å²) in [5, 5.41) is -0.128. The van der Waals surface area contributed by atoms with Gasteiger partial charge in [-0.05, 0) is 6.92 Å². The Labute approximate surface area is 95.0 Å². The van der Waals surface area contributed by atoms with Crippen LogP contribution in [0.3, 0.4) is 0 Å². The summed E-state index contributed by atoms with van der Waals surface area (Å²) < 4.78 is 54.0. The van der Waals surface area contributed by atoms with Crippen LogP contribution in [0.15, 0.2) is 11.2 Å². The highest BCUT2D eigenvalue weighted by molar-refractivity contribution is 7.94. The van der Waals surface area contributed by atoms with Crippen molar-refractivity contribution >= 4 is 20.0 Å². The molecule has 0 aromatic heterocycles. The van der Waals surface area contributed by atoms with Crippen LogP contribution in [0.25, 0.3) is 0 Å². The van der Waals surface area contributed by atoms with Crippen molar-refractivity contribution < 1.29 is 21.4 Å². The fourth-order valence-electron chi connectivity index (χ4n) is 1.60. The zero-order chi connectivity index (χ0) is 12.7. The maximum absolute atomic E-state index is 11.4. The van der Waals surface area contributed by atoms with E-state index in [4.69, 9.17) is 4.55 Å². The highest BCUT2D eigenvalue weighted by Crippen LogP contribution is 2.26. The Bertz CT molecular complexity index is 507. The topological polar surface area (TPSA) is 95.0 Å². The molecule has 0 radical (unpaired) electrons. The Kier molecular flexibility index (Phi) is 3.23. The second-order valence-corrected chi connectivity index (χ2v) is 6.94. The average Bonchev–Trinajstić information content (AvgIpc) is 2.40. The van der Waals surface area contributed by atoms with Crippen LogP contribution in [-0.2, 0) is 20.0 Å². The van der Waals surface area contributed by atoms with Gasteiger partial charge in [0.05, 0.1) is 0 Å². The first-order valence-corrected chi connectivity index (χ1v) is 7.85. The molecule has 1 atom stereocenters. The predicted molar refractivity (Wildman–Crippen MR) is 58.4 cm³/mol. The zero-order valence-electron chi connectivity index (χ0n) is 9.15. The van der Waals surface area contributed by atoms with E-state index in [1.54, 1.807) is 6.92 Å². The summed E-state index contributed by atoms with van der Waals surface area (Å²) in [6.45, 7) is 1.93. The summed E-state index contributed by atoms with van der Waals surface area (Å²) in [5.74, 6) is 0. The molecule has 1 heterocycles. The molecule has 0 saturated heterocycles. The van der Waals surface area contributed by atoms with E-state index in [1.165, 1.54) is 18.1 Å². The third kappa shape index (κ3) is 2.30. The minimum absolute atomic E-state index is 0.128. The van der Waals surface area contributed by atoms with Crippen LogP contribution >= 0.6 is 0 Å². The number of rotatable bonds is 3. The van der Waals surface area contributed by atoms with Crippen molar-refractivity contribution in [1.29, 1.82) is 0 Å². The predicted octanol–water partition coefficient (Wildman–Crippen LogP) is -0.731. The zero-order valence-corrected chi connectivity index (χ0v) is 10.8. The van der Waals surface area contributed by atoms with Crippen LogP contribution in [-0.4, -0.2) is 56.5 Å². The van der Waals surface area contributed by atoms with Gasteiger partial charge in [-0.3, -0.25) is 4.55 Å². The fraction of sp³-hybridized carbons (Fsp3) is 0.714. The molecule has 16 heavy (non-hydrogen) atoms. The molecular formula is C7H14N2O5S2. The van der Waals surface area contributed by atoms with Gasteiger partial charge in [-0.25, -0.2) is 8.42 Å². The second-order valence-electron chi connectivity index (χ2n) is 3.52. The molecule has 1 rings (SSSR count). The molecule has 0 aliphatic carbocycles. The Balaban J connectivity index is 3.25. The molecule has 1 aliphatic heterocycles. The lowest BCUT2D eigenvalue weighted by Gasteiger charge is -2.27. The van der Waals surface area contributed by atoms with Crippen molar-refractivity contribution in [3.8, 4) is 0 Å². The van der Waals surface area contributed by atoms with Crippen LogP contribution < -0.4 is 0 Å². The van der Waals surface area contributed by atoms with Gasteiger partial charge in [0.1, 0.15) is 5.03 Å². The van der Waals surface area contributed by atoms with E-state index in [0.717, 1.165) is 11.2 Å². The average molecular weight is 270 g/mol.